The fourth-order valence-corrected chi connectivity index (χ4v) is 5.22. The third-order valence-corrected chi connectivity index (χ3v) is 6.81. The van der Waals surface area contributed by atoms with Gasteiger partial charge in [-0.2, -0.15) is 0 Å². The Bertz CT molecular complexity index is 837. The molecule has 0 aliphatic carbocycles. The zero-order valence-corrected chi connectivity index (χ0v) is 17.0. The maximum atomic E-state index is 12.8. The van der Waals surface area contributed by atoms with Crippen molar-refractivity contribution in [2.75, 3.05) is 18.8 Å². The molecule has 2 aromatic rings. The molecule has 4 rings (SSSR count). The highest BCUT2D eigenvalue weighted by Gasteiger charge is 2.33. The van der Waals surface area contributed by atoms with Crippen LogP contribution in [0.25, 0.3) is 0 Å². The SMILES string of the molecule is C[C@H]1CCCN(C(=O)c2ccc([C@H]3SCC(=O)N3Cc3ccccc3)cc2)C1. The van der Waals surface area contributed by atoms with E-state index in [0.717, 1.165) is 36.2 Å². The zero-order valence-electron chi connectivity index (χ0n) is 16.2. The van der Waals surface area contributed by atoms with Gasteiger partial charge in [0.2, 0.25) is 5.91 Å². The first-order valence-corrected chi connectivity index (χ1v) is 11.0. The van der Waals surface area contributed by atoms with E-state index in [-0.39, 0.29) is 17.2 Å². The van der Waals surface area contributed by atoms with Gasteiger partial charge >= 0.3 is 0 Å². The summed E-state index contributed by atoms with van der Waals surface area (Å²) < 4.78 is 0. The molecule has 146 valence electrons. The molecule has 2 aromatic carbocycles. The van der Waals surface area contributed by atoms with Crippen LogP contribution in [0.1, 0.15) is 46.6 Å². The first kappa shape index (κ1) is 19.1. The van der Waals surface area contributed by atoms with Crippen LogP contribution in [-0.4, -0.2) is 40.5 Å². The van der Waals surface area contributed by atoms with Gasteiger partial charge in [0.15, 0.2) is 0 Å². The fraction of sp³-hybridized carbons (Fsp3) is 0.391. The van der Waals surface area contributed by atoms with Crippen molar-refractivity contribution in [3.05, 3.63) is 71.3 Å². The minimum atomic E-state index is 0.00636. The van der Waals surface area contributed by atoms with Crippen molar-refractivity contribution in [3.8, 4) is 0 Å². The van der Waals surface area contributed by atoms with Gasteiger partial charge in [-0.05, 0) is 42.0 Å². The lowest BCUT2D eigenvalue weighted by molar-refractivity contribution is -0.128. The van der Waals surface area contributed by atoms with Gasteiger partial charge in [-0.15, -0.1) is 11.8 Å². The van der Waals surface area contributed by atoms with Crippen molar-refractivity contribution < 1.29 is 9.59 Å². The maximum Gasteiger partial charge on any atom is 0.253 e. The highest BCUT2D eigenvalue weighted by Crippen LogP contribution is 2.39. The summed E-state index contributed by atoms with van der Waals surface area (Å²) in [4.78, 5) is 29.1. The van der Waals surface area contributed by atoms with E-state index < -0.39 is 0 Å². The van der Waals surface area contributed by atoms with Crippen molar-refractivity contribution in [2.45, 2.75) is 31.7 Å². The van der Waals surface area contributed by atoms with E-state index >= 15 is 0 Å². The Morgan fingerprint density at radius 3 is 2.57 bits per heavy atom. The first-order chi connectivity index (χ1) is 13.6. The number of thioether (sulfide) groups is 1. The fourth-order valence-electron chi connectivity index (χ4n) is 4.03. The second kappa shape index (κ2) is 8.39. The highest BCUT2D eigenvalue weighted by molar-refractivity contribution is 8.00. The Hall–Kier alpha value is -2.27. The second-order valence-electron chi connectivity index (χ2n) is 7.79. The van der Waals surface area contributed by atoms with Crippen molar-refractivity contribution in [1.29, 1.82) is 0 Å². The summed E-state index contributed by atoms with van der Waals surface area (Å²) in [6, 6.07) is 17.9. The van der Waals surface area contributed by atoms with Crippen LogP contribution in [0.4, 0.5) is 0 Å². The topological polar surface area (TPSA) is 40.6 Å². The van der Waals surface area contributed by atoms with Crippen LogP contribution in [0, 0.1) is 5.92 Å². The number of piperidine rings is 1. The Balaban J connectivity index is 1.48. The van der Waals surface area contributed by atoms with Crippen LogP contribution in [-0.2, 0) is 11.3 Å². The molecule has 2 fully saturated rings. The number of hydrogen-bond acceptors (Lipinski definition) is 3. The van der Waals surface area contributed by atoms with Gasteiger partial charge in [-0.25, -0.2) is 0 Å². The minimum absolute atomic E-state index is 0.00636. The van der Waals surface area contributed by atoms with E-state index in [1.807, 2.05) is 52.3 Å². The monoisotopic (exact) mass is 394 g/mol. The highest BCUT2D eigenvalue weighted by atomic mass is 32.2. The molecule has 0 aromatic heterocycles. The van der Waals surface area contributed by atoms with E-state index in [1.165, 1.54) is 6.42 Å². The third-order valence-electron chi connectivity index (χ3n) is 5.55. The molecule has 28 heavy (non-hydrogen) atoms. The largest absolute Gasteiger partial charge is 0.338 e. The molecule has 2 saturated heterocycles. The van der Waals surface area contributed by atoms with Crippen molar-refractivity contribution in [1.82, 2.24) is 9.80 Å². The lowest BCUT2D eigenvalue weighted by Gasteiger charge is -2.31. The smallest absolute Gasteiger partial charge is 0.253 e. The van der Waals surface area contributed by atoms with Gasteiger partial charge in [0.05, 0.1) is 5.75 Å². The van der Waals surface area contributed by atoms with Crippen LogP contribution in [0.15, 0.2) is 54.6 Å². The van der Waals surface area contributed by atoms with Crippen LogP contribution >= 0.6 is 11.8 Å². The molecular weight excluding hydrogens is 368 g/mol. The molecule has 2 heterocycles. The summed E-state index contributed by atoms with van der Waals surface area (Å²) in [5.41, 5.74) is 2.95. The van der Waals surface area contributed by atoms with E-state index in [2.05, 4.69) is 19.1 Å². The summed E-state index contributed by atoms with van der Waals surface area (Å²) in [6.45, 7) is 4.52. The van der Waals surface area contributed by atoms with Gasteiger partial charge in [-0.3, -0.25) is 9.59 Å². The molecule has 0 bridgehead atoms. The number of carbonyl (C=O) groups excluding carboxylic acids is 2. The average molecular weight is 395 g/mol. The first-order valence-electron chi connectivity index (χ1n) is 9.96. The molecule has 4 nitrogen and oxygen atoms in total. The van der Waals surface area contributed by atoms with Crippen LogP contribution in [0.3, 0.4) is 0 Å². The molecule has 0 unspecified atom stereocenters. The number of benzene rings is 2. The van der Waals surface area contributed by atoms with Crippen molar-refractivity contribution in [2.24, 2.45) is 5.92 Å². The number of likely N-dealkylation sites (tertiary alicyclic amines) is 1. The molecule has 2 aliphatic heterocycles. The Morgan fingerprint density at radius 2 is 1.86 bits per heavy atom. The summed E-state index contributed by atoms with van der Waals surface area (Å²) >= 11 is 1.65. The standard InChI is InChI=1S/C23H26N2O2S/c1-17-6-5-13-24(14-17)22(27)19-9-11-20(12-10-19)23-25(21(26)16-28-23)15-18-7-3-2-4-8-18/h2-4,7-12,17,23H,5-6,13-16H2,1H3/t17-,23+/m0/s1. The molecule has 0 N–H and O–H groups in total. The molecule has 0 saturated carbocycles. The summed E-state index contributed by atoms with van der Waals surface area (Å²) in [5, 5.41) is 0.00636. The quantitative estimate of drug-likeness (QED) is 0.775. The third kappa shape index (κ3) is 4.09. The zero-order chi connectivity index (χ0) is 19.5. The molecule has 2 atom stereocenters. The second-order valence-corrected chi connectivity index (χ2v) is 8.86. The Labute approximate surface area is 170 Å². The molecule has 5 heteroatoms. The molecule has 0 radical (unpaired) electrons. The number of carbonyl (C=O) groups is 2. The predicted molar refractivity (Wildman–Crippen MR) is 113 cm³/mol. The molecule has 2 amide bonds. The van der Waals surface area contributed by atoms with Gasteiger partial charge in [-0.1, -0.05) is 49.4 Å². The van der Waals surface area contributed by atoms with Gasteiger partial charge in [0, 0.05) is 25.2 Å². The van der Waals surface area contributed by atoms with Gasteiger partial charge in [0.25, 0.3) is 5.91 Å². The molecular formula is C23H26N2O2S. The normalized spacial score (nSPS) is 22.5. The van der Waals surface area contributed by atoms with Crippen molar-refractivity contribution in [3.63, 3.8) is 0 Å². The number of rotatable bonds is 4. The number of nitrogens with zero attached hydrogens (tertiary/aromatic N) is 2. The average Bonchev–Trinajstić information content (AvgIpc) is 3.09. The number of hydrogen-bond donors (Lipinski definition) is 0. The Kier molecular flexibility index (Phi) is 5.72. The van der Waals surface area contributed by atoms with Crippen LogP contribution in [0.5, 0.6) is 0 Å². The van der Waals surface area contributed by atoms with Crippen molar-refractivity contribution >= 4 is 23.6 Å². The van der Waals surface area contributed by atoms with E-state index in [9.17, 15) is 9.59 Å². The predicted octanol–water partition coefficient (Wildman–Crippen LogP) is 4.33. The van der Waals surface area contributed by atoms with Gasteiger partial charge < -0.3 is 9.80 Å². The summed E-state index contributed by atoms with van der Waals surface area (Å²) in [5.74, 6) is 1.37. The van der Waals surface area contributed by atoms with E-state index in [1.54, 1.807) is 11.8 Å². The lowest BCUT2D eigenvalue weighted by Crippen LogP contribution is -2.39. The lowest BCUT2D eigenvalue weighted by atomic mass is 9.99. The molecule has 0 spiro atoms. The van der Waals surface area contributed by atoms with E-state index in [0.29, 0.717) is 18.2 Å². The summed E-state index contributed by atoms with van der Waals surface area (Å²) in [6.07, 6.45) is 2.28. The molecule has 2 aliphatic rings. The minimum Gasteiger partial charge on any atom is -0.338 e. The Morgan fingerprint density at radius 1 is 1.11 bits per heavy atom. The number of amides is 2. The van der Waals surface area contributed by atoms with E-state index in [4.69, 9.17) is 0 Å². The van der Waals surface area contributed by atoms with Crippen LogP contribution in [0.2, 0.25) is 0 Å². The maximum absolute atomic E-state index is 12.8. The van der Waals surface area contributed by atoms with Gasteiger partial charge in [0.1, 0.15) is 5.37 Å². The summed E-state index contributed by atoms with van der Waals surface area (Å²) in [7, 11) is 0. The van der Waals surface area contributed by atoms with Crippen LogP contribution < -0.4 is 0 Å².